The average molecular weight is 286 g/mol. The first kappa shape index (κ1) is 16.3. The first-order valence-electron chi connectivity index (χ1n) is 7.93. The molecule has 2 rings (SSSR count). The molecule has 0 unspecified atom stereocenters. The van der Waals surface area contributed by atoms with Gasteiger partial charge in [-0.2, -0.15) is 0 Å². The van der Waals surface area contributed by atoms with Crippen molar-refractivity contribution in [1.82, 2.24) is 9.80 Å². The summed E-state index contributed by atoms with van der Waals surface area (Å²) >= 11 is 0. The van der Waals surface area contributed by atoms with Gasteiger partial charge in [-0.25, -0.2) is 0 Å². The molecule has 0 N–H and O–H groups in total. The van der Waals surface area contributed by atoms with Crippen molar-refractivity contribution in [2.75, 3.05) is 34.2 Å². The van der Waals surface area contributed by atoms with E-state index in [1.807, 2.05) is 0 Å². The van der Waals surface area contributed by atoms with E-state index in [1.165, 1.54) is 22.3 Å². The third-order valence-corrected chi connectivity index (χ3v) is 4.22. The molecule has 0 saturated carbocycles. The van der Waals surface area contributed by atoms with Gasteiger partial charge >= 0.3 is 0 Å². The molecule has 0 radical (unpaired) electrons. The van der Waals surface area contributed by atoms with E-state index in [0.29, 0.717) is 0 Å². The van der Waals surface area contributed by atoms with Crippen molar-refractivity contribution in [3.63, 3.8) is 0 Å². The highest BCUT2D eigenvalue weighted by Crippen LogP contribution is 2.30. The van der Waals surface area contributed by atoms with Crippen LogP contribution in [0.5, 0.6) is 0 Å². The Balaban J connectivity index is 2.40. The number of likely N-dealkylation sites (N-methyl/N-ethyl adjacent to an activating group) is 1. The molecule has 0 spiro atoms. The van der Waals surface area contributed by atoms with Crippen LogP contribution in [0.3, 0.4) is 0 Å². The van der Waals surface area contributed by atoms with Crippen LogP contribution in [0, 0.1) is 0 Å². The van der Waals surface area contributed by atoms with Gasteiger partial charge in [-0.05, 0) is 55.2 Å². The zero-order valence-corrected chi connectivity index (χ0v) is 14.5. The molecule has 0 amide bonds. The SMILES string of the molecule is CN(C)Cc1cc(C(C)(C)C)ccc1C1=CCN(C)CC1. The highest BCUT2D eigenvalue weighted by atomic mass is 15.1. The van der Waals surface area contributed by atoms with Crippen molar-refractivity contribution in [2.45, 2.75) is 39.2 Å². The number of hydrogen-bond acceptors (Lipinski definition) is 2. The zero-order valence-electron chi connectivity index (χ0n) is 14.5. The lowest BCUT2D eigenvalue weighted by atomic mass is 9.83. The second-order valence-electron chi connectivity index (χ2n) is 7.60. The van der Waals surface area contributed by atoms with Crippen LogP contribution in [-0.2, 0) is 12.0 Å². The van der Waals surface area contributed by atoms with Crippen LogP contribution in [0.25, 0.3) is 5.57 Å². The van der Waals surface area contributed by atoms with Crippen molar-refractivity contribution < 1.29 is 0 Å². The molecule has 2 nitrogen and oxygen atoms in total. The lowest BCUT2D eigenvalue weighted by Crippen LogP contribution is -2.24. The molecule has 0 aromatic heterocycles. The Morgan fingerprint density at radius 2 is 1.90 bits per heavy atom. The summed E-state index contributed by atoms with van der Waals surface area (Å²) in [5, 5.41) is 0. The maximum Gasteiger partial charge on any atom is 0.0233 e. The molecule has 0 aliphatic carbocycles. The van der Waals surface area contributed by atoms with E-state index in [4.69, 9.17) is 0 Å². The van der Waals surface area contributed by atoms with Gasteiger partial charge in [0, 0.05) is 19.6 Å². The topological polar surface area (TPSA) is 6.48 Å². The van der Waals surface area contributed by atoms with Gasteiger partial charge in [0.05, 0.1) is 0 Å². The van der Waals surface area contributed by atoms with E-state index in [1.54, 1.807) is 0 Å². The second-order valence-corrected chi connectivity index (χ2v) is 7.60. The molecule has 1 aliphatic rings. The molecular weight excluding hydrogens is 256 g/mol. The van der Waals surface area contributed by atoms with Gasteiger partial charge in [-0.15, -0.1) is 0 Å². The second kappa shape index (κ2) is 6.33. The van der Waals surface area contributed by atoms with Gasteiger partial charge < -0.3 is 9.80 Å². The molecule has 0 atom stereocenters. The summed E-state index contributed by atoms with van der Waals surface area (Å²) in [6.07, 6.45) is 3.56. The fourth-order valence-corrected chi connectivity index (χ4v) is 2.86. The Hall–Kier alpha value is -1.12. The lowest BCUT2D eigenvalue weighted by molar-refractivity contribution is 0.369. The fourth-order valence-electron chi connectivity index (χ4n) is 2.86. The van der Waals surface area contributed by atoms with Crippen molar-refractivity contribution in [3.8, 4) is 0 Å². The van der Waals surface area contributed by atoms with Crippen molar-refractivity contribution in [2.24, 2.45) is 0 Å². The third-order valence-electron chi connectivity index (χ3n) is 4.22. The predicted octanol–water partition coefficient (Wildman–Crippen LogP) is 3.76. The normalized spacial score (nSPS) is 17.2. The van der Waals surface area contributed by atoms with Crippen LogP contribution in [0.1, 0.15) is 43.9 Å². The van der Waals surface area contributed by atoms with Crippen LogP contribution in [0.15, 0.2) is 24.3 Å². The maximum absolute atomic E-state index is 2.41. The van der Waals surface area contributed by atoms with Gasteiger partial charge in [0.15, 0.2) is 0 Å². The molecule has 1 aromatic carbocycles. The van der Waals surface area contributed by atoms with Crippen LogP contribution in [-0.4, -0.2) is 44.0 Å². The molecule has 1 aromatic rings. The average Bonchev–Trinajstić information content (AvgIpc) is 2.38. The lowest BCUT2D eigenvalue weighted by Gasteiger charge is -2.26. The van der Waals surface area contributed by atoms with Gasteiger partial charge in [-0.3, -0.25) is 0 Å². The quantitative estimate of drug-likeness (QED) is 0.834. The Morgan fingerprint density at radius 1 is 1.19 bits per heavy atom. The Labute approximate surface area is 130 Å². The van der Waals surface area contributed by atoms with E-state index in [0.717, 1.165) is 26.1 Å². The number of nitrogens with zero attached hydrogens (tertiary/aromatic N) is 2. The third kappa shape index (κ3) is 4.18. The van der Waals surface area contributed by atoms with Crippen molar-refractivity contribution in [1.29, 1.82) is 0 Å². The smallest absolute Gasteiger partial charge is 0.0233 e. The Morgan fingerprint density at radius 3 is 2.43 bits per heavy atom. The van der Waals surface area contributed by atoms with E-state index in [9.17, 15) is 0 Å². The van der Waals surface area contributed by atoms with E-state index < -0.39 is 0 Å². The predicted molar refractivity (Wildman–Crippen MR) is 92.6 cm³/mol. The van der Waals surface area contributed by atoms with Crippen molar-refractivity contribution >= 4 is 5.57 Å². The summed E-state index contributed by atoms with van der Waals surface area (Å²) in [6.45, 7) is 10.1. The van der Waals surface area contributed by atoms with E-state index in [-0.39, 0.29) is 5.41 Å². The zero-order chi connectivity index (χ0) is 15.6. The maximum atomic E-state index is 2.41. The molecule has 0 bridgehead atoms. The summed E-state index contributed by atoms with van der Waals surface area (Å²) in [4.78, 5) is 4.64. The number of rotatable bonds is 3. The molecule has 21 heavy (non-hydrogen) atoms. The van der Waals surface area contributed by atoms with E-state index >= 15 is 0 Å². The highest BCUT2D eigenvalue weighted by Gasteiger charge is 2.18. The molecule has 1 heterocycles. The molecule has 116 valence electrons. The first-order valence-corrected chi connectivity index (χ1v) is 7.93. The van der Waals surface area contributed by atoms with Gasteiger partial charge in [0.2, 0.25) is 0 Å². The van der Waals surface area contributed by atoms with Gasteiger partial charge in [0.1, 0.15) is 0 Å². The van der Waals surface area contributed by atoms with Crippen LogP contribution in [0.2, 0.25) is 0 Å². The summed E-state index contributed by atoms with van der Waals surface area (Å²) in [7, 11) is 6.49. The summed E-state index contributed by atoms with van der Waals surface area (Å²) in [6, 6.07) is 7.07. The molecule has 0 saturated heterocycles. The summed E-state index contributed by atoms with van der Waals surface area (Å²) in [5.41, 5.74) is 6.07. The van der Waals surface area contributed by atoms with Crippen LogP contribution >= 0.6 is 0 Å². The monoisotopic (exact) mass is 286 g/mol. The molecule has 1 aliphatic heterocycles. The van der Waals surface area contributed by atoms with Crippen molar-refractivity contribution in [3.05, 3.63) is 41.0 Å². The largest absolute Gasteiger partial charge is 0.305 e. The highest BCUT2D eigenvalue weighted by molar-refractivity contribution is 5.69. The van der Waals surface area contributed by atoms with Crippen LogP contribution in [0.4, 0.5) is 0 Å². The summed E-state index contributed by atoms with van der Waals surface area (Å²) < 4.78 is 0. The van der Waals surface area contributed by atoms with Gasteiger partial charge in [0.25, 0.3) is 0 Å². The molecule has 2 heteroatoms. The number of benzene rings is 1. The van der Waals surface area contributed by atoms with E-state index in [2.05, 4.69) is 76.0 Å². The minimum atomic E-state index is 0.209. The standard InChI is InChI=1S/C19H30N2/c1-19(2,3)17-7-8-18(16(13-17)14-20(4)5)15-9-11-21(6)12-10-15/h7-9,13H,10-12,14H2,1-6H3. The van der Waals surface area contributed by atoms with Crippen LogP contribution < -0.4 is 0 Å². The summed E-state index contributed by atoms with van der Waals surface area (Å²) in [5.74, 6) is 0. The Bertz CT molecular complexity index is 521. The minimum absolute atomic E-state index is 0.209. The molecular formula is C19H30N2. The first-order chi connectivity index (χ1) is 9.77. The Kier molecular flexibility index (Phi) is 4.90. The number of hydrogen-bond donors (Lipinski definition) is 0. The minimum Gasteiger partial charge on any atom is -0.305 e. The fraction of sp³-hybridized carbons (Fsp3) is 0.579. The molecule has 0 fully saturated rings. The van der Waals surface area contributed by atoms with Gasteiger partial charge in [-0.1, -0.05) is 45.0 Å².